The van der Waals surface area contributed by atoms with E-state index >= 15 is 0 Å². The molecule has 0 spiro atoms. The lowest BCUT2D eigenvalue weighted by Crippen LogP contribution is -2.47. The highest BCUT2D eigenvalue weighted by Crippen LogP contribution is 2.37. The highest BCUT2D eigenvalue weighted by molar-refractivity contribution is 5.75. The minimum Gasteiger partial charge on any atom is -0.337 e. The van der Waals surface area contributed by atoms with Gasteiger partial charge in [-0.15, -0.1) is 0 Å². The zero-order valence-corrected chi connectivity index (χ0v) is 12.1. The maximum absolute atomic E-state index is 12.4. The van der Waals surface area contributed by atoms with E-state index < -0.39 is 0 Å². The number of hydrogen-bond donors (Lipinski definition) is 1. The van der Waals surface area contributed by atoms with Crippen molar-refractivity contribution in [2.75, 3.05) is 6.54 Å². The van der Waals surface area contributed by atoms with E-state index in [2.05, 4.69) is 15.5 Å². The van der Waals surface area contributed by atoms with Gasteiger partial charge in [0.25, 0.3) is 0 Å². The van der Waals surface area contributed by atoms with Gasteiger partial charge in [-0.25, -0.2) is 4.79 Å². The van der Waals surface area contributed by atoms with Crippen LogP contribution in [0.2, 0.25) is 0 Å². The van der Waals surface area contributed by atoms with E-state index in [-0.39, 0.29) is 12.1 Å². The molecule has 6 nitrogen and oxygen atoms in total. The molecule has 6 heteroatoms. The van der Waals surface area contributed by atoms with Crippen LogP contribution in [-0.4, -0.2) is 33.7 Å². The minimum absolute atomic E-state index is 0.00255. The van der Waals surface area contributed by atoms with E-state index in [1.807, 2.05) is 11.8 Å². The molecule has 20 heavy (non-hydrogen) atoms. The summed E-state index contributed by atoms with van der Waals surface area (Å²) in [6.07, 6.45) is 6.11. The summed E-state index contributed by atoms with van der Waals surface area (Å²) in [7, 11) is 0. The Balaban J connectivity index is 1.60. The van der Waals surface area contributed by atoms with Crippen molar-refractivity contribution in [3.8, 4) is 0 Å². The number of aromatic nitrogens is 2. The molecule has 0 bridgehead atoms. The first-order chi connectivity index (χ1) is 9.65. The van der Waals surface area contributed by atoms with E-state index in [1.165, 1.54) is 19.3 Å². The number of amides is 2. The topological polar surface area (TPSA) is 71.3 Å². The summed E-state index contributed by atoms with van der Waals surface area (Å²) < 4.78 is 5.10. The molecule has 2 atom stereocenters. The van der Waals surface area contributed by atoms with Crippen molar-refractivity contribution in [2.45, 2.75) is 58.0 Å². The lowest BCUT2D eigenvalue weighted by molar-refractivity contribution is 0.136. The van der Waals surface area contributed by atoms with Crippen molar-refractivity contribution in [1.82, 2.24) is 20.4 Å². The molecule has 2 amide bonds. The predicted octanol–water partition coefficient (Wildman–Crippen LogP) is 2.41. The van der Waals surface area contributed by atoms with Gasteiger partial charge in [0.2, 0.25) is 5.89 Å². The Hall–Kier alpha value is -1.59. The predicted molar refractivity (Wildman–Crippen MR) is 73.1 cm³/mol. The summed E-state index contributed by atoms with van der Waals surface area (Å²) in [4.78, 5) is 18.6. The standard InChI is InChI=1S/C14H22N4O2/c1-9(13-16-10(2)17-20-13)15-14(19)18-8-4-7-12(18)11-5-3-6-11/h9,11-12H,3-8H2,1-2H3,(H,15,19)/t9-,12+/m0/s1. The van der Waals surface area contributed by atoms with Crippen molar-refractivity contribution in [1.29, 1.82) is 0 Å². The van der Waals surface area contributed by atoms with Crippen LogP contribution in [0.15, 0.2) is 4.52 Å². The molecule has 2 fully saturated rings. The number of nitrogens with one attached hydrogen (secondary N) is 1. The molecule has 1 saturated carbocycles. The highest BCUT2D eigenvalue weighted by atomic mass is 16.5. The zero-order chi connectivity index (χ0) is 14.1. The van der Waals surface area contributed by atoms with E-state index in [0.717, 1.165) is 19.4 Å². The average Bonchev–Trinajstić information content (AvgIpc) is 2.96. The summed E-state index contributed by atoms with van der Waals surface area (Å²) in [5, 5.41) is 6.73. The fraction of sp³-hybridized carbons (Fsp3) is 0.786. The first-order valence-corrected chi connectivity index (χ1v) is 7.52. The molecule has 0 radical (unpaired) electrons. The fourth-order valence-electron chi connectivity index (χ4n) is 3.18. The van der Waals surface area contributed by atoms with Crippen LogP contribution in [0.3, 0.4) is 0 Å². The quantitative estimate of drug-likeness (QED) is 0.921. The smallest absolute Gasteiger partial charge is 0.318 e. The minimum atomic E-state index is -0.244. The first kappa shape index (κ1) is 13.4. The van der Waals surface area contributed by atoms with Crippen LogP contribution >= 0.6 is 0 Å². The fourth-order valence-corrected chi connectivity index (χ4v) is 3.18. The summed E-state index contributed by atoms with van der Waals surface area (Å²) in [5.41, 5.74) is 0. The summed E-state index contributed by atoms with van der Waals surface area (Å²) in [5.74, 6) is 1.77. The third-order valence-electron chi connectivity index (χ3n) is 4.51. The van der Waals surface area contributed by atoms with Gasteiger partial charge in [-0.1, -0.05) is 11.6 Å². The Morgan fingerprint density at radius 3 is 2.80 bits per heavy atom. The monoisotopic (exact) mass is 278 g/mol. The molecule has 3 rings (SSSR count). The van der Waals surface area contributed by atoms with Crippen LogP contribution in [0.25, 0.3) is 0 Å². The summed E-state index contributed by atoms with van der Waals surface area (Å²) >= 11 is 0. The molecule has 1 aliphatic heterocycles. The van der Waals surface area contributed by atoms with Gasteiger partial charge in [-0.05, 0) is 45.4 Å². The van der Waals surface area contributed by atoms with Crippen LogP contribution in [0.1, 0.15) is 56.8 Å². The Bertz CT molecular complexity index is 483. The van der Waals surface area contributed by atoms with Crippen molar-refractivity contribution in [3.05, 3.63) is 11.7 Å². The van der Waals surface area contributed by atoms with Gasteiger partial charge < -0.3 is 14.7 Å². The SMILES string of the molecule is Cc1noc([C@H](C)NC(=O)N2CCC[C@@H]2C2CCC2)n1. The number of aryl methyl sites for hydroxylation is 1. The van der Waals surface area contributed by atoms with Gasteiger partial charge in [-0.2, -0.15) is 4.98 Å². The van der Waals surface area contributed by atoms with Crippen LogP contribution in [0, 0.1) is 12.8 Å². The van der Waals surface area contributed by atoms with Crippen molar-refractivity contribution in [2.24, 2.45) is 5.92 Å². The molecule has 0 unspecified atom stereocenters. The zero-order valence-electron chi connectivity index (χ0n) is 12.1. The van der Waals surface area contributed by atoms with Crippen molar-refractivity contribution >= 4 is 6.03 Å². The van der Waals surface area contributed by atoms with Gasteiger partial charge in [0.15, 0.2) is 5.82 Å². The van der Waals surface area contributed by atoms with Crippen molar-refractivity contribution in [3.63, 3.8) is 0 Å². The molecule has 0 aromatic carbocycles. The van der Waals surface area contributed by atoms with Crippen LogP contribution < -0.4 is 5.32 Å². The number of carbonyl (C=O) groups excluding carboxylic acids is 1. The van der Waals surface area contributed by atoms with Gasteiger partial charge in [0.05, 0.1) is 0 Å². The Morgan fingerprint density at radius 2 is 2.20 bits per heavy atom. The molecule has 2 aliphatic rings. The van der Waals surface area contributed by atoms with Crippen LogP contribution in [0.5, 0.6) is 0 Å². The molecule has 1 aromatic heterocycles. The second-order valence-electron chi connectivity index (χ2n) is 5.94. The van der Waals surface area contributed by atoms with E-state index in [0.29, 0.717) is 23.7 Å². The van der Waals surface area contributed by atoms with Gasteiger partial charge in [-0.3, -0.25) is 0 Å². The molecule has 1 aliphatic carbocycles. The van der Waals surface area contributed by atoms with E-state index in [9.17, 15) is 4.79 Å². The molecule has 110 valence electrons. The number of likely N-dealkylation sites (tertiary alicyclic amines) is 1. The average molecular weight is 278 g/mol. The Labute approximate surface area is 118 Å². The number of carbonyl (C=O) groups is 1. The molecule has 1 saturated heterocycles. The second kappa shape index (κ2) is 5.42. The van der Waals surface area contributed by atoms with Crippen molar-refractivity contribution < 1.29 is 9.32 Å². The van der Waals surface area contributed by atoms with Gasteiger partial charge in [0.1, 0.15) is 6.04 Å². The number of rotatable bonds is 3. The second-order valence-corrected chi connectivity index (χ2v) is 5.94. The molecular weight excluding hydrogens is 256 g/mol. The molecule has 1 N–H and O–H groups in total. The number of urea groups is 1. The summed E-state index contributed by atoms with van der Waals surface area (Å²) in [6.45, 7) is 4.51. The number of nitrogens with zero attached hydrogens (tertiary/aromatic N) is 3. The molecule has 2 heterocycles. The lowest BCUT2D eigenvalue weighted by Gasteiger charge is -2.37. The van der Waals surface area contributed by atoms with Crippen LogP contribution in [0.4, 0.5) is 4.79 Å². The van der Waals surface area contributed by atoms with Crippen LogP contribution in [-0.2, 0) is 0 Å². The maximum atomic E-state index is 12.4. The Morgan fingerprint density at radius 1 is 1.40 bits per heavy atom. The molecule has 1 aromatic rings. The summed E-state index contributed by atoms with van der Waals surface area (Å²) in [6, 6.07) is 0.189. The van der Waals surface area contributed by atoms with E-state index in [1.54, 1.807) is 6.92 Å². The third-order valence-corrected chi connectivity index (χ3v) is 4.51. The third kappa shape index (κ3) is 2.51. The lowest BCUT2D eigenvalue weighted by atomic mass is 9.79. The number of hydrogen-bond acceptors (Lipinski definition) is 4. The van der Waals surface area contributed by atoms with E-state index in [4.69, 9.17) is 4.52 Å². The van der Waals surface area contributed by atoms with Gasteiger partial charge >= 0.3 is 6.03 Å². The van der Waals surface area contributed by atoms with Gasteiger partial charge in [0, 0.05) is 12.6 Å². The maximum Gasteiger partial charge on any atom is 0.318 e. The first-order valence-electron chi connectivity index (χ1n) is 7.52. The normalized spacial score (nSPS) is 24.5. The molecular formula is C14H22N4O2. The largest absolute Gasteiger partial charge is 0.337 e. The Kier molecular flexibility index (Phi) is 3.63. The highest BCUT2D eigenvalue weighted by Gasteiger charge is 2.37.